The summed E-state index contributed by atoms with van der Waals surface area (Å²) in [5, 5.41) is 13.2. The van der Waals surface area contributed by atoms with E-state index in [-0.39, 0.29) is 11.3 Å². The zero-order valence-electron chi connectivity index (χ0n) is 13.3. The molecule has 0 bridgehead atoms. The summed E-state index contributed by atoms with van der Waals surface area (Å²) >= 11 is 0. The van der Waals surface area contributed by atoms with Gasteiger partial charge < -0.3 is 9.84 Å². The second kappa shape index (κ2) is 6.16. The summed E-state index contributed by atoms with van der Waals surface area (Å²) in [6, 6.07) is 5.57. The molecule has 2 unspecified atom stereocenters. The molecule has 0 radical (unpaired) electrons. The maximum Gasteiger partial charge on any atom is 0.176 e. The molecule has 4 heteroatoms. The molecule has 0 fully saturated rings. The maximum atomic E-state index is 12.0. The number of aliphatic hydroxyl groups excluding tert-OH is 1. The van der Waals surface area contributed by atoms with Crippen molar-refractivity contribution in [1.82, 2.24) is 5.32 Å². The monoisotopic (exact) mass is 291 g/mol. The molecule has 0 aliphatic heterocycles. The highest BCUT2D eigenvalue weighted by Crippen LogP contribution is 2.30. The van der Waals surface area contributed by atoms with Gasteiger partial charge in [0.05, 0.1) is 0 Å². The van der Waals surface area contributed by atoms with Gasteiger partial charge in [-0.2, -0.15) is 0 Å². The van der Waals surface area contributed by atoms with Gasteiger partial charge in [-0.3, -0.25) is 10.1 Å². The van der Waals surface area contributed by atoms with Crippen molar-refractivity contribution >= 4 is 5.78 Å². The van der Waals surface area contributed by atoms with Crippen LogP contribution in [0.4, 0.5) is 0 Å². The van der Waals surface area contributed by atoms with Crippen molar-refractivity contribution in [3.8, 4) is 5.75 Å². The topological polar surface area (TPSA) is 58.6 Å². The first-order valence-electron chi connectivity index (χ1n) is 7.55. The van der Waals surface area contributed by atoms with Crippen molar-refractivity contribution in [2.24, 2.45) is 0 Å². The fourth-order valence-electron chi connectivity index (χ4n) is 2.57. The van der Waals surface area contributed by atoms with Crippen LogP contribution in [0, 0.1) is 0 Å². The molecule has 116 valence electrons. The SMILES string of the molecule is CC(O)C(NC(C)(C)C)Oc1cccc2c1CCCC2=O. The second-order valence-electron chi connectivity index (χ2n) is 6.73. The molecule has 0 heterocycles. The van der Waals surface area contributed by atoms with Crippen LogP contribution < -0.4 is 10.1 Å². The van der Waals surface area contributed by atoms with Gasteiger partial charge in [-0.1, -0.05) is 12.1 Å². The Morgan fingerprint density at radius 3 is 2.62 bits per heavy atom. The van der Waals surface area contributed by atoms with E-state index >= 15 is 0 Å². The normalized spacial score (nSPS) is 18.0. The van der Waals surface area contributed by atoms with Crippen molar-refractivity contribution in [3.05, 3.63) is 29.3 Å². The number of carbonyl (C=O) groups is 1. The number of ketones is 1. The Kier molecular flexibility index (Phi) is 4.69. The molecule has 0 saturated heterocycles. The van der Waals surface area contributed by atoms with Crippen molar-refractivity contribution in [3.63, 3.8) is 0 Å². The summed E-state index contributed by atoms with van der Waals surface area (Å²) in [5.41, 5.74) is 1.56. The van der Waals surface area contributed by atoms with Crippen molar-refractivity contribution < 1.29 is 14.6 Å². The van der Waals surface area contributed by atoms with Gasteiger partial charge in [0.15, 0.2) is 12.0 Å². The lowest BCUT2D eigenvalue weighted by Gasteiger charge is -2.32. The third-order valence-electron chi connectivity index (χ3n) is 3.53. The molecule has 0 aromatic heterocycles. The first-order chi connectivity index (χ1) is 9.78. The van der Waals surface area contributed by atoms with Crippen LogP contribution in [0.25, 0.3) is 0 Å². The van der Waals surface area contributed by atoms with Crippen LogP contribution in [0.1, 0.15) is 56.5 Å². The number of nitrogens with one attached hydrogen (secondary N) is 1. The van der Waals surface area contributed by atoms with Gasteiger partial charge in [0.1, 0.15) is 11.9 Å². The molecule has 1 aliphatic rings. The van der Waals surface area contributed by atoms with Crippen molar-refractivity contribution in [2.45, 2.75) is 64.8 Å². The van der Waals surface area contributed by atoms with Gasteiger partial charge in [0.25, 0.3) is 0 Å². The van der Waals surface area contributed by atoms with E-state index in [2.05, 4.69) is 5.32 Å². The largest absolute Gasteiger partial charge is 0.472 e. The van der Waals surface area contributed by atoms with Crippen LogP contribution in [0.15, 0.2) is 18.2 Å². The number of benzene rings is 1. The number of ether oxygens (including phenoxy) is 1. The van der Waals surface area contributed by atoms with Crippen LogP contribution in [0.5, 0.6) is 5.75 Å². The third kappa shape index (κ3) is 4.05. The van der Waals surface area contributed by atoms with E-state index in [9.17, 15) is 9.90 Å². The van der Waals surface area contributed by atoms with E-state index in [4.69, 9.17) is 4.74 Å². The Labute approximate surface area is 126 Å². The highest BCUT2D eigenvalue weighted by atomic mass is 16.5. The lowest BCUT2D eigenvalue weighted by atomic mass is 9.90. The Morgan fingerprint density at radius 1 is 1.29 bits per heavy atom. The van der Waals surface area contributed by atoms with E-state index < -0.39 is 12.3 Å². The molecule has 2 atom stereocenters. The fraction of sp³-hybridized carbons (Fsp3) is 0.588. The fourth-order valence-corrected chi connectivity index (χ4v) is 2.57. The number of aliphatic hydroxyl groups is 1. The standard InChI is InChI=1S/C17H25NO3/c1-11(19)16(18-17(2,3)4)21-15-10-6-7-12-13(15)8-5-9-14(12)20/h6-7,10-11,16,18-19H,5,8-9H2,1-4H3. The first-order valence-corrected chi connectivity index (χ1v) is 7.55. The average Bonchev–Trinajstić information content (AvgIpc) is 2.37. The Hall–Kier alpha value is -1.39. The predicted octanol–water partition coefficient (Wildman–Crippen LogP) is 2.68. The molecular weight excluding hydrogens is 266 g/mol. The lowest BCUT2D eigenvalue weighted by Crippen LogP contribution is -2.51. The molecule has 0 spiro atoms. The average molecular weight is 291 g/mol. The second-order valence-corrected chi connectivity index (χ2v) is 6.73. The highest BCUT2D eigenvalue weighted by Gasteiger charge is 2.26. The minimum Gasteiger partial charge on any atom is -0.472 e. The van der Waals surface area contributed by atoms with E-state index in [1.165, 1.54) is 0 Å². The minimum absolute atomic E-state index is 0.174. The molecule has 2 rings (SSSR count). The van der Waals surface area contributed by atoms with Crippen molar-refractivity contribution in [1.29, 1.82) is 0 Å². The van der Waals surface area contributed by atoms with E-state index in [0.29, 0.717) is 12.2 Å². The number of hydrogen-bond acceptors (Lipinski definition) is 4. The molecular formula is C17H25NO3. The zero-order chi connectivity index (χ0) is 15.6. The summed E-state index contributed by atoms with van der Waals surface area (Å²) in [7, 11) is 0. The molecule has 0 saturated carbocycles. The number of rotatable bonds is 4. The summed E-state index contributed by atoms with van der Waals surface area (Å²) in [5.74, 6) is 0.877. The van der Waals surface area contributed by atoms with Gasteiger partial charge >= 0.3 is 0 Å². The van der Waals surface area contributed by atoms with Gasteiger partial charge in [-0.05, 0) is 46.6 Å². The number of fused-ring (bicyclic) bond motifs is 1. The van der Waals surface area contributed by atoms with E-state index in [1.807, 2.05) is 39.0 Å². The number of Topliss-reactive ketones (excluding diaryl/α,β-unsaturated/α-hetero) is 1. The number of carbonyl (C=O) groups excluding carboxylic acids is 1. The summed E-state index contributed by atoms with van der Waals surface area (Å²) in [4.78, 5) is 12.0. The van der Waals surface area contributed by atoms with Crippen LogP contribution in [0.2, 0.25) is 0 Å². The lowest BCUT2D eigenvalue weighted by molar-refractivity contribution is 0.0106. The molecule has 1 aromatic rings. The highest BCUT2D eigenvalue weighted by molar-refractivity contribution is 5.99. The van der Waals surface area contributed by atoms with Crippen molar-refractivity contribution in [2.75, 3.05) is 0 Å². The Balaban J connectivity index is 2.25. The Morgan fingerprint density at radius 2 is 2.00 bits per heavy atom. The van der Waals surface area contributed by atoms with E-state index in [1.54, 1.807) is 6.92 Å². The van der Waals surface area contributed by atoms with Gasteiger partial charge in [0, 0.05) is 23.1 Å². The Bertz CT molecular complexity index is 517. The molecule has 4 nitrogen and oxygen atoms in total. The summed E-state index contributed by atoms with van der Waals surface area (Å²) in [6.07, 6.45) is 1.15. The summed E-state index contributed by atoms with van der Waals surface area (Å²) in [6.45, 7) is 7.77. The van der Waals surface area contributed by atoms with Gasteiger partial charge in [-0.15, -0.1) is 0 Å². The first kappa shape index (κ1) is 16.0. The molecule has 2 N–H and O–H groups in total. The molecule has 1 aliphatic carbocycles. The van der Waals surface area contributed by atoms with Crippen LogP contribution in [-0.2, 0) is 6.42 Å². The van der Waals surface area contributed by atoms with E-state index in [0.717, 1.165) is 24.0 Å². The van der Waals surface area contributed by atoms with Crippen LogP contribution in [0.3, 0.4) is 0 Å². The third-order valence-corrected chi connectivity index (χ3v) is 3.53. The summed E-state index contributed by atoms with van der Waals surface area (Å²) < 4.78 is 5.99. The molecule has 0 amide bonds. The smallest absolute Gasteiger partial charge is 0.176 e. The predicted molar refractivity (Wildman–Crippen MR) is 82.7 cm³/mol. The number of hydrogen-bond donors (Lipinski definition) is 2. The zero-order valence-corrected chi connectivity index (χ0v) is 13.3. The van der Waals surface area contributed by atoms with Gasteiger partial charge in [-0.25, -0.2) is 0 Å². The molecule has 21 heavy (non-hydrogen) atoms. The quantitative estimate of drug-likeness (QED) is 0.837. The molecule has 1 aromatic carbocycles. The van der Waals surface area contributed by atoms with Crippen LogP contribution >= 0.6 is 0 Å². The maximum absolute atomic E-state index is 12.0. The van der Waals surface area contributed by atoms with Crippen LogP contribution in [-0.4, -0.2) is 28.8 Å². The van der Waals surface area contributed by atoms with Gasteiger partial charge in [0.2, 0.25) is 0 Å². The minimum atomic E-state index is -0.653.